The minimum atomic E-state index is 0.386. The molecule has 1 unspecified atom stereocenters. The van der Waals surface area contributed by atoms with E-state index in [1.165, 1.54) is 11.3 Å². The Labute approximate surface area is 132 Å². The van der Waals surface area contributed by atoms with Gasteiger partial charge in [0.25, 0.3) is 0 Å². The van der Waals surface area contributed by atoms with E-state index in [1.807, 2.05) is 13.0 Å². The number of fused-ring (bicyclic) bond motifs is 1. The van der Waals surface area contributed by atoms with Crippen LogP contribution in [0.1, 0.15) is 32.0 Å². The standard InChI is InChI=1S/C18H24N4/c1-12(2)11-19-17-9-13(3)20-18(21-17)22-14(4)10-15-7-5-6-8-16(15)22/h5-9,12,14H,10-11H2,1-4H3,(H,19,20,21). The van der Waals surface area contributed by atoms with Crippen molar-refractivity contribution in [2.45, 2.75) is 40.2 Å². The summed E-state index contributed by atoms with van der Waals surface area (Å²) in [6.07, 6.45) is 1.04. The van der Waals surface area contributed by atoms with Crippen LogP contribution in [0.25, 0.3) is 0 Å². The SMILES string of the molecule is Cc1cc(NCC(C)C)nc(N2c3ccccc3CC2C)n1. The lowest BCUT2D eigenvalue weighted by Crippen LogP contribution is -2.26. The third-order valence-electron chi connectivity index (χ3n) is 3.96. The van der Waals surface area contributed by atoms with Gasteiger partial charge in [-0.15, -0.1) is 0 Å². The van der Waals surface area contributed by atoms with Crippen molar-refractivity contribution in [3.05, 3.63) is 41.6 Å². The van der Waals surface area contributed by atoms with Crippen LogP contribution in [0.4, 0.5) is 17.5 Å². The normalized spacial score (nSPS) is 17.0. The molecule has 3 rings (SSSR count). The Kier molecular flexibility index (Phi) is 4.01. The second-order valence-electron chi connectivity index (χ2n) is 6.52. The summed E-state index contributed by atoms with van der Waals surface area (Å²) in [5.74, 6) is 2.29. The zero-order valence-electron chi connectivity index (χ0n) is 13.8. The van der Waals surface area contributed by atoms with E-state index in [1.54, 1.807) is 0 Å². The van der Waals surface area contributed by atoms with Crippen LogP contribution in [-0.2, 0) is 6.42 Å². The van der Waals surface area contributed by atoms with Crippen LogP contribution < -0.4 is 10.2 Å². The van der Waals surface area contributed by atoms with Gasteiger partial charge in [0.1, 0.15) is 5.82 Å². The van der Waals surface area contributed by atoms with E-state index in [9.17, 15) is 0 Å². The highest BCUT2D eigenvalue weighted by Gasteiger charge is 2.28. The molecule has 0 radical (unpaired) electrons. The molecule has 1 aromatic carbocycles. The highest BCUT2D eigenvalue weighted by Crippen LogP contribution is 2.36. The molecule has 0 fully saturated rings. The van der Waals surface area contributed by atoms with E-state index < -0.39 is 0 Å². The predicted molar refractivity (Wildman–Crippen MR) is 91.8 cm³/mol. The minimum Gasteiger partial charge on any atom is -0.370 e. The molecule has 2 heterocycles. The first-order valence-electron chi connectivity index (χ1n) is 8.01. The fraction of sp³-hybridized carbons (Fsp3) is 0.444. The summed E-state index contributed by atoms with van der Waals surface area (Å²) in [4.78, 5) is 11.7. The monoisotopic (exact) mass is 296 g/mol. The van der Waals surface area contributed by atoms with Crippen LogP contribution >= 0.6 is 0 Å². The molecular weight excluding hydrogens is 272 g/mol. The number of aryl methyl sites for hydroxylation is 1. The second kappa shape index (κ2) is 5.95. The van der Waals surface area contributed by atoms with Crippen LogP contribution in [0.3, 0.4) is 0 Å². The maximum atomic E-state index is 4.74. The summed E-state index contributed by atoms with van der Waals surface area (Å²) in [7, 11) is 0. The highest BCUT2D eigenvalue weighted by atomic mass is 15.3. The lowest BCUT2D eigenvalue weighted by atomic mass is 10.1. The van der Waals surface area contributed by atoms with Gasteiger partial charge in [0, 0.05) is 30.0 Å². The molecule has 4 nitrogen and oxygen atoms in total. The Balaban J connectivity index is 1.94. The Morgan fingerprint density at radius 2 is 2.05 bits per heavy atom. The average molecular weight is 296 g/mol. The molecule has 0 aliphatic carbocycles. The van der Waals surface area contributed by atoms with E-state index in [0.29, 0.717) is 12.0 Å². The maximum absolute atomic E-state index is 4.74. The van der Waals surface area contributed by atoms with Crippen molar-refractivity contribution in [1.29, 1.82) is 0 Å². The molecular formula is C18H24N4. The van der Waals surface area contributed by atoms with Crippen molar-refractivity contribution in [3.63, 3.8) is 0 Å². The van der Waals surface area contributed by atoms with E-state index in [-0.39, 0.29) is 0 Å². The number of aromatic nitrogens is 2. The molecule has 1 N–H and O–H groups in total. The molecule has 0 amide bonds. The number of rotatable bonds is 4. The van der Waals surface area contributed by atoms with Gasteiger partial charge < -0.3 is 10.2 Å². The number of nitrogens with zero attached hydrogens (tertiary/aromatic N) is 3. The molecule has 0 bridgehead atoms. The van der Waals surface area contributed by atoms with Crippen molar-refractivity contribution in [2.24, 2.45) is 5.92 Å². The highest BCUT2D eigenvalue weighted by molar-refractivity contribution is 5.67. The fourth-order valence-electron chi connectivity index (χ4n) is 2.93. The molecule has 0 saturated carbocycles. The third kappa shape index (κ3) is 2.91. The molecule has 116 valence electrons. The Bertz CT molecular complexity index is 666. The summed E-state index contributed by atoms with van der Waals surface area (Å²) >= 11 is 0. The maximum Gasteiger partial charge on any atom is 0.232 e. The topological polar surface area (TPSA) is 41.1 Å². The van der Waals surface area contributed by atoms with Crippen molar-refractivity contribution in [1.82, 2.24) is 9.97 Å². The van der Waals surface area contributed by atoms with Crippen LogP contribution in [0, 0.1) is 12.8 Å². The van der Waals surface area contributed by atoms with Gasteiger partial charge in [-0.2, -0.15) is 4.98 Å². The first-order chi connectivity index (χ1) is 10.5. The van der Waals surface area contributed by atoms with E-state index >= 15 is 0 Å². The van der Waals surface area contributed by atoms with Crippen LogP contribution in [0.15, 0.2) is 30.3 Å². The molecule has 2 aromatic rings. The zero-order valence-corrected chi connectivity index (χ0v) is 13.8. The number of benzene rings is 1. The lowest BCUT2D eigenvalue weighted by Gasteiger charge is -2.23. The Hall–Kier alpha value is -2.10. The molecule has 0 spiro atoms. The first kappa shape index (κ1) is 14.8. The quantitative estimate of drug-likeness (QED) is 0.928. The summed E-state index contributed by atoms with van der Waals surface area (Å²) < 4.78 is 0. The largest absolute Gasteiger partial charge is 0.370 e. The van der Waals surface area contributed by atoms with Gasteiger partial charge in [-0.05, 0) is 37.8 Å². The van der Waals surface area contributed by atoms with Crippen molar-refractivity contribution in [2.75, 3.05) is 16.8 Å². The number of para-hydroxylation sites is 1. The number of anilines is 3. The van der Waals surface area contributed by atoms with Gasteiger partial charge >= 0.3 is 0 Å². The molecule has 1 aromatic heterocycles. The Morgan fingerprint density at radius 1 is 1.27 bits per heavy atom. The molecule has 0 saturated heterocycles. The minimum absolute atomic E-state index is 0.386. The van der Waals surface area contributed by atoms with Gasteiger partial charge in [0.2, 0.25) is 5.95 Å². The van der Waals surface area contributed by atoms with Crippen LogP contribution in [0.2, 0.25) is 0 Å². The summed E-state index contributed by atoms with van der Waals surface area (Å²) in [5, 5.41) is 3.41. The van der Waals surface area contributed by atoms with Gasteiger partial charge in [-0.3, -0.25) is 0 Å². The summed E-state index contributed by atoms with van der Waals surface area (Å²) in [6.45, 7) is 9.56. The second-order valence-corrected chi connectivity index (χ2v) is 6.52. The van der Waals surface area contributed by atoms with Crippen LogP contribution in [0.5, 0.6) is 0 Å². The fourth-order valence-corrected chi connectivity index (χ4v) is 2.93. The van der Waals surface area contributed by atoms with Crippen LogP contribution in [-0.4, -0.2) is 22.6 Å². The molecule has 1 aliphatic heterocycles. The van der Waals surface area contributed by atoms with Crippen molar-refractivity contribution >= 4 is 17.5 Å². The van der Waals surface area contributed by atoms with Gasteiger partial charge in [-0.1, -0.05) is 32.0 Å². The van der Waals surface area contributed by atoms with Gasteiger partial charge in [-0.25, -0.2) is 4.98 Å². The summed E-state index contributed by atoms with van der Waals surface area (Å²) in [6, 6.07) is 10.9. The van der Waals surface area contributed by atoms with Gasteiger partial charge in [0.05, 0.1) is 0 Å². The van der Waals surface area contributed by atoms with Crippen molar-refractivity contribution in [3.8, 4) is 0 Å². The predicted octanol–water partition coefficient (Wildman–Crippen LogP) is 3.94. The number of hydrogen-bond donors (Lipinski definition) is 1. The zero-order chi connectivity index (χ0) is 15.7. The van der Waals surface area contributed by atoms with Gasteiger partial charge in [0.15, 0.2) is 0 Å². The smallest absolute Gasteiger partial charge is 0.232 e. The van der Waals surface area contributed by atoms with E-state index in [4.69, 9.17) is 4.98 Å². The van der Waals surface area contributed by atoms with E-state index in [0.717, 1.165) is 30.4 Å². The average Bonchev–Trinajstić information content (AvgIpc) is 2.80. The van der Waals surface area contributed by atoms with E-state index in [2.05, 4.69) is 60.2 Å². The molecule has 1 aliphatic rings. The number of nitrogens with one attached hydrogen (secondary N) is 1. The molecule has 1 atom stereocenters. The number of hydrogen-bond acceptors (Lipinski definition) is 4. The summed E-state index contributed by atoms with van der Waals surface area (Å²) in [5.41, 5.74) is 3.60. The van der Waals surface area contributed by atoms with Crippen molar-refractivity contribution < 1.29 is 0 Å². The lowest BCUT2D eigenvalue weighted by molar-refractivity contribution is 0.685. The Morgan fingerprint density at radius 3 is 2.82 bits per heavy atom. The first-order valence-corrected chi connectivity index (χ1v) is 8.01. The third-order valence-corrected chi connectivity index (χ3v) is 3.96. The molecule has 4 heteroatoms. The molecule has 22 heavy (non-hydrogen) atoms.